The van der Waals surface area contributed by atoms with Gasteiger partial charge in [-0.3, -0.25) is 0 Å². The molecule has 0 saturated heterocycles. The van der Waals surface area contributed by atoms with Crippen LogP contribution in [0.25, 0.3) is 0 Å². The van der Waals surface area contributed by atoms with E-state index in [9.17, 15) is 4.79 Å². The topological polar surface area (TPSA) is 67.2 Å². The molecular formula is C19H25N3O. The third-order valence-electron chi connectivity index (χ3n) is 4.07. The van der Waals surface area contributed by atoms with Gasteiger partial charge < -0.3 is 16.4 Å². The first-order valence-electron chi connectivity index (χ1n) is 8.01. The predicted octanol–water partition coefficient (Wildman–Crippen LogP) is 4.02. The Bertz CT molecular complexity index is 610. The summed E-state index contributed by atoms with van der Waals surface area (Å²) in [6, 6.07) is 18.0. The van der Waals surface area contributed by atoms with E-state index in [2.05, 4.69) is 48.7 Å². The number of nitrogens with two attached hydrogens (primary N) is 1. The quantitative estimate of drug-likeness (QED) is 0.723. The first kappa shape index (κ1) is 17.0. The lowest BCUT2D eigenvalue weighted by molar-refractivity contribution is 0.259. The SMILES string of the molecule is CC(CCNC(C)c1ccc(NC(N)=O)cc1)c1ccccc1. The minimum Gasteiger partial charge on any atom is -0.351 e. The molecule has 23 heavy (non-hydrogen) atoms. The molecule has 0 saturated carbocycles. The van der Waals surface area contributed by atoms with Crippen molar-refractivity contribution in [1.29, 1.82) is 0 Å². The Kier molecular flexibility index (Phi) is 6.18. The van der Waals surface area contributed by atoms with Crippen LogP contribution >= 0.6 is 0 Å². The Hall–Kier alpha value is -2.33. The van der Waals surface area contributed by atoms with Gasteiger partial charge in [-0.05, 0) is 49.1 Å². The average molecular weight is 311 g/mol. The fourth-order valence-corrected chi connectivity index (χ4v) is 2.58. The third-order valence-corrected chi connectivity index (χ3v) is 4.07. The summed E-state index contributed by atoms with van der Waals surface area (Å²) in [4.78, 5) is 10.8. The first-order valence-corrected chi connectivity index (χ1v) is 8.01. The number of carbonyl (C=O) groups is 1. The predicted molar refractivity (Wildman–Crippen MR) is 95.5 cm³/mol. The zero-order valence-electron chi connectivity index (χ0n) is 13.8. The van der Waals surface area contributed by atoms with Crippen LogP contribution in [0.15, 0.2) is 54.6 Å². The third kappa shape index (κ3) is 5.42. The Morgan fingerprint density at radius 2 is 1.65 bits per heavy atom. The van der Waals surface area contributed by atoms with E-state index in [-0.39, 0.29) is 6.04 Å². The van der Waals surface area contributed by atoms with Gasteiger partial charge in [0.2, 0.25) is 0 Å². The van der Waals surface area contributed by atoms with Crippen molar-refractivity contribution < 1.29 is 4.79 Å². The van der Waals surface area contributed by atoms with E-state index in [0.717, 1.165) is 13.0 Å². The minimum atomic E-state index is -0.543. The largest absolute Gasteiger partial charge is 0.351 e. The summed E-state index contributed by atoms with van der Waals surface area (Å²) >= 11 is 0. The van der Waals surface area contributed by atoms with Crippen LogP contribution in [0.5, 0.6) is 0 Å². The zero-order valence-corrected chi connectivity index (χ0v) is 13.8. The molecule has 0 radical (unpaired) electrons. The number of carbonyl (C=O) groups excluding carboxylic acids is 1. The Labute approximate surface area is 138 Å². The van der Waals surface area contributed by atoms with Crippen LogP contribution < -0.4 is 16.4 Å². The Balaban J connectivity index is 1.80. The van der Waals surface area contributed by atoms with Crippen LogP contribution in [-0.4, -0.2) is 12.6 Å². The molecule has 2 aromatic carbocycles. The lowest BCUT2D eigenvalue weighted by atomic mass is 9.97. The van der Waals surface area contributed by atoms with Crippen LogP contribution in [0, 0.1) is 0 Å². The number of primary amides is 1. The van der Waals surface area contributed by atoms with E-state index < -0.39 is 6.03 Å². The molecule has 4 nitrogen and oxygen atoms in total. The summed E-state index contributed by atoms with van der Waals surface area (Å²) in [5.41, 5.74) is 8.38. The normalized spacial score (nSPS) is 13.3. The number of nitrogens with one attached hydrogen (secondary N) is 2. The monoisotopic (exact) mass is 311 g/mol. The van der Waals surface area contributed by atoms with Gasteiger partial charge in [-0.25, -0.2) is 4.79 Å². The first-order chi connectivity index (χ1) is 11.1. The number of urea groups is 1. The van der Waals surface area contributed by atoms with Gasteiger partial charge >= 0.3 is 6.03 Å². The molecule has 2 rings (SSSR count). The number of hydrogen-bond acceptors (Lipinski definition) is 2. The van der Waals surface area contributed by atoms with E-state index in [0.29, 0.717) is 11.6 Å². The molecule has 0 heterocycles. The van der Waals surface area contributed by atoms with Crippen LogP contribution in [0.3, 0.4) is 0 Å². The van der Waals surface area contributed by atoms with Gasteiger partial charge in [-0.15, -0.1) is 0 Å². The van der Waals surface area contributed by atoms with Crippen molar-refractivity contribution >= 4 is 11.7 Å². The van der Waals surface area contributed by atoms with Crippen molar-refractivity contribution in [2.45, 2.75) is 32.2 Å². The van der Waals surface area contributed by atoms with Crippen LogP contribution in [0.4, 0.5) is 10.5 Å². The van der Waals surface area contributed by atoms with E-state index >= 15 is 0 Å². The molecular weight excluding hydrogens is 286 g/mol. The van der Waals surface area contributed by atoms with Crippen molar-refractivity contribution in [2.24, 2.45) is 5.73 Å². The van der Waals surface area contributed by atoms with Gasteiger partial charge in [0, 0.05) is 11.7 Å². The number of hydrogen-bond donors (Lipinski definition) is 3. The highest BCUT2D eigenvalue weighted by molar-refractivity contribution is 5.87. The molecule has 0 aliphatic rings. The molecule has 0 fully saturated rings. The van der Waals surface area contributed by atoms with Gasteiger partial charge in [-0.2, -0.15) is 0 Å². The number of benzene rings is 2. The maximum atomic E-state index is 10.8. The van der Waals surface area contributed by atoms with Gasteiger partial charge in [0.1, 0.15) is 0 Å². The number of anilines is 1. The van der Waals surface area contributed by atoms with Crippen LogP contribution in [-0.2, 0) is 0 Å². The summed E-state index contributed by atoms with van der Waals surface area (Å²) in [6.07, 6.45) is 1.09. The summed E-state index contributed by atoms with van der Waals surface area (Å²) < 4.78 is 0. The molecule has 0 bridgehead atoms. The van der Waals surface area contributed by atoms with Gasteiger partial charge in [0.05, 0.1) is 0 Å². The number of rotatable bonds is 7. The van der Waals surface area contributed by atoms with Crippen molar-refractivity contribution in [1.82, 2.24) is 5.32 Å². The highest BCUT2D eigenvalue weighted by Crippen LogP contribution is 2.19. The van der Waals surface area contributed by atoms with Crippen molar-refractivity contribution in [3.05, 3.63) is 65.7 Å². The van der Waals surface area contributed by atoms with Gasteiger partial charge in [0.25, 0.3) is 0 Å². The van der Waals surface area contributed by atoms with E-state index in [1.54, 1.807) is 0 Å². The molecule has 122 valence electrons. The van der Waals surface area contributed by atoms with Crippen LogP contribution in [0.2, 0.25) is 0 Å². The molecule has 4 N–H and O–H groups in total. The number of amides is 2. The smallest absolute Gasteiger partial charge is 0.316 e. The summed E-state index contributed by atoms with van der Waals surface area (Å²) in [6.45, 7) is 5.36. The van der Waals surface area contributed by atoms with Crippen molar-refractivity contribution in [3.63, 3.8) is 0 Å². The molecule has 2 atom stereocenters. The van der Waals surface area contributed by atoms with E-state index in [1.807, 2.05) is 30.3 Å². The van der Waals surface area contributed by atoms with Gasteiger partial charge in [-0.1, -0.05) is 49.4 Å². The molecule has 0 aromatic heterocycles. The second kappa shape index (κ2) is 8.34. The Morgan fingerprint density at radius 1 is 1.00 bits per heavy atom. The second-order valence-corrected chi connectivity index (χ2v) is 5.89. The molecule has 2 aromatic rings. The lowest BCUT2D eigenvalue weighted by Gasteiger charge is -2.17. The summed E-state index contributed by atoms with van der Waals surface area (Å²) in [5.74, 6) is 0.540. The average Bonchev–Trinajstić information content (AvgIpc) is 2.55. The zero-order chi connectivity index (χ0) is 16.7. The van der Waals surface area contributed by atoms with Gasteiger partial charge in [0.15, 0.2) is 0 Å². The fraction of sp³-hybridized carbons (Fsp3) is 0.316. The van der Waals surface area contributed by atoms with Crippen LogP contribution in [0.1, 0.15) is 43.4 Å². The van der Waals surface area contributed by atoms with E-state index in [1.165, 1.54) is 11.1 Å². The molecule has 0 spiro atoms. The lowest BCUT2D eigenvalue weighted by Crippen LogP contribution is -2.21. The fourth-order valence-electron chi connectivity index (χ4n) is 2.58. The summed E-state index contributed by atoms with van der Waals surface area (Å²) in [5, 5.41) is 6.11. The summed E-state index contributed by atoms with van der Waals surface area (Å²) in [7, 11) is 0. The minimum absolute atomic E-state index is 0.264. The molecule has 0 aliphatic carbocycles. The molecule has 2 unspecified atom stereocenters. The maximum Gasteiger partial charge on any atom is 0.316 e. The highest BCUT2D eigenvalue weighted by Gasteiger charge is 2.08. The van der Waals surface area contributed by atoms with Crippen molar-refractivity contribution in [3.8, 4) is 0 Å². The Morgan fingerprint density at radius 3 is 2.26 bits per heavy atom. The standard InChI is InChI=1S/C19H25N3O/c1-14(16-6-4-3-5-7-16)12-13-21-15(2)17-8-10-18(11-9-17)22-19(20)23/h3-11,14-15,21H,12-13H2,1-2H3,(H3,20,22,23). The van der Waals surface area contributed by atoms with Crippen molar-refractivity contribution in [2.75, 3.05) is 11.9 Å². The molecule has 0 aliphatic heterocycles. The molecule has 2 amide bonds. The maximum absolute atomic E-state index is 10.8. The second-order valence-electron chi connectivity index (χ2n) is 5.89. The molecule has 4 heteroatoms. The highest BCUT2D eigenvalue weighted by atomic mass is 16.2. The van der Waals surface area contributed by atoms with E-state index in [4.69, 9.17) is 5.73 Å².